The van der Waals surface area contributed by atoms with Crippen LogP contribution in [0.1, 0.15) is 32.4 Å². The van der Waals surface area contributed by atoms with Crippen LogP contribution in [0.25, 0.3) is 0 Å². The van der Waals surface area contributed by atoms with Gasteiger partial charge in [-0.3, -0.25) is 24.0 Å². The van der Waals surface area contributed by atoms with Gasteiger partial charge >= 0.3 is 0 Å². The Hall–Kier alpha value is -4.34. The number of ether oxygens (including phenoxy) is 2. The van der Waals surface area contributed by atoms with E-state index >= 15 is 0 Å². The number of anilines is 2. The minimum atomic E-state index is -0.797. The maximum absolute atomic E-state index is 13.6. The lowest BCUT2D eigenvalue weighted by molar-refractivity contribution is -0.117. The first-order chi connectivity index (χ1) is 15.9. The van der Waals surface area contributed by atoms with Gasteiger partial charge in [-0.1, -0.05) is 18.2 Å². The molecule has 10 heteroatoms. The fourth-order valence-electron chi connectivity index (χ4n) is 4.43. The number of benzene rings is 2. The summed E-state index contributed by atoms with van der Waals surface area (Å²) in [6.07, 6.45) is 2.38. The van der Waals surface area contributed by atoms with E-state index in [2.05, 4.69) is 10.4 Å². The van der Waals surface area contributed by atoms with Gasteiger partial charge in [-0.05, 0) is 18.2 Å². The van der Waals surface area contributed by atoms with E-state index in [0.29, 0.717) is 39.6 Å². The van der Waals surface area contributed by atoms with Crippen LogP contribution in [0.15, 0.2) is 48.8 Å². The van der Waals surface area contributed by atoms with Gasteiger partial charge in [-0.15, -0.1) is 0 Å². The second kappa shape index (κ2) is 7.66. The minimum absolute atomic E-state index is 0.260. The van der Waals surface area contributed by atoms with Crippen molar-refractivity contribution >= 4 is 29.1 Å². The van der Waals surface area contributed by atoms with Crippen molar-refractivity contribution in [3.63, 3.8) is 0 Å². The Morgan fingerprint density at radius 3 is 2.58 bits per heavy atom. The quantitative estimate of drug-likeness (QED) is 0.643. The Bertz CT molecular complexity index is 1300. The number of hydrogen-bond acceptors (Lipinski definition) is 6. The Balaban J connectivity index is 1.60. The van der Waals surface area contributed by atoms with E-state index in [0.717, 1.165) is 0 Å². The Kier molecular flexibility index (Phi) is 4.77. The molecule has 1 aromatic heterocycles. The molecule has 0 saturated carbocycles. The lowest BCUT2D eigenvalue weighted by atomic mass is 10.0. The van der Waals surface area contributed by atoms with Crippen molar-refractivity contribution in [2.45, 2.75) is 6.17 Å². The second-order valence-corrected chi connectivity index (χ2v) is 7.72. The topological polar surface area (TPSA) is 106 Å². The molecule has 3 amide bonds. The number of aryl methyl sites for hydroxylation is 1. The van der Waals surface area contributed by atoms with Crippen LogP contribution >= 0.6 is 0 Å². The largest absolute Gasteiger partial charge is 0.493 e. The molecule has 0 unspecified atom stereocenters. The van der Waals surface area contributed by atoms with Crippen LogP contribution in [0.5, 0.6) is 11.5 Å². The molecule has 3 heterocycles. The SMILES string of the molecule is COc1ccc2c(c1OC)C(=O)N1c3ccccc3C(=O)N(CC(=O)Nc3cnn(C)c3)[C@H]21. The molecule has 5 rings (SSSR count). The molecule has 33 heavy (non-hydrogen) atoms. The average molecular weight is 447 g/mol. The van der Waals surface area contributed by atoms with Crippen molar-refractivity contribution in [3.05, 3.63) is 65.5 Å². The van der Waals surface area contributed by atoms with Gasteiger partial charge < -0.3 is 19.7 Å². The molecule has 0 radical (unpaired) electrons. The fourth-order valence-corrected chi connectivity index (χ4v) is 4.43. The molecule has 2 aliphatic rings. The predicted octanol–water partition coefficient (Wildman–Crippen LogP) is 2.19. The number of para-hydroxylation sites is 1. The number of carbonyl (C=O) groups excluding carboxylic acids is 3. The molecule has 168 valence electrons. The highest BCUT2D eigenvalue weighted by Gasteiger charge is 2.50. The first-order valence-electron chi connectivity index (χ1n) is 10.2. The zero-order valence-corrected chi connectivity index (χ0v) is 18.2. The number of fused-ring (bicyclic) bond motifs is 5. The summed E-state index contributed by atoms with van der Waals surface area (Å²) in [6, 6.07) is 10.3. The lowest BCUT2D eigenvalue weighted by Gasteiger charge is -2.40. The van der Waals surface area contributed by atoms with E-state index < -0.39 is 12.1 Å². The summed E-state index contributed by atoms with van der Waals surface area (Å²) in [5.41, 5.74) is 2.21. The number of methoxy groups -OCH3 is 2. The van der Waals surface area contributed by atoms with Crippen LogP contribution in [0.4, 0.5) is 11.4 Å². The number of nitrogens with one attached hydrogen (secondary N) is 1. The number of aromatic nitrogens is 2. The van der Waals surface area contributed by atoms with E-state index in [1.54, 1.807) is 54.3 Å². The third-order valence-corrected chi connectivity index (χ3v) is 5.79. The summed E-state index contributed by atoms with van der Waals surface area (Å²) >= 11 is 0. The molecule has 0 aliphatic carbocycles. The molecule has 1 N–H and O–H groups in total. The molecule has 2 aromatic carbocycles. The Labute approximate surface area is 189 Å². The highest BCUT2D eigenvalue weighted by Crippen LogP contribution is 2.49. The summed E-state index contributed by atoms with van der Waals surface area (Å²) in [6.45, 7) is -0.260. The van der Waals surface area contributed by atoms with Gasteiger partial charge in [-0.25, -0.2) is 0 Å². The third kappa shape index (κ3) is 3.10. The van der Waals surface area contributed by atoms with E-state index in [4.69, 9.17) is 9.47 Å². The van der Waals surface area contributed by atoms with Gasteiger partial charge in [0.2, 0.25) is 5.91 Å². The highest BCUT2D eigenvalue weighted by molar-refractivity contribution is 6.18. The van der Waals surface area contributed by atoms with Crippen molar-refractivity contribution in [1.29, 1.82) is 0 Å². The van der Waals surface area contributed by atoms with Gasteiger partial charge in [0, 0.05) is 18.8 Å². The third-order valence-electron chi connectivity index (χ3n) is 5.79. The van der Waals surface area contributed by atoms with Gasteiger partial charge in [0.15, 0.2) is 11.5 Å². The van der Waals surface area contributed by atoms with Crippen LogP contribution in [0.2, 0.25) is 0 Å². The molecule has 0 fully saturated rings. The van der Waals surface area contributed by atoms with Crippen LogP contribution < -0.4 is 19.7 Å². The summed E-state index contributed by atoms with van der Waals surface area (Å²) in [4.78, 5) is 42.9. The van der Waals surface area contributed by atoms with Crippen molar-refractivity contribution in [2.75, 3.05) is 31.0 Å². The molecule has 0 bridgehead atoms. The van der Waals surface area contributed by atoms with Crippen molar-refractivity contribution < 1.29 is 23.9 Å². The molecule has 3 aromatic rings. The zero-order valence-electron chi connectivity index (χ0n) is 18.2. The predicted molar refractivity (Wildman–Crippen MR) is 118 cm³/mol. The second-order valence-electron chi connectivity index (χ2n) is 7.72. The summed E-state index contributed by atoms with van der Waals surface area (Å²) < 4.78 is 12.4. The van der Waals surface area contributed by atoms with Crippen LogP contribution in [-0.2, 0) is 11.8 Å². The number of nitrogens with zero attached hydrogens (tertiary/aromatic N) is 4. The van der Waals surface area contributed by atoms with Gasteiger partial charge in [0.05, 0.1) is 42.9 Å². The smallest absolute Gasteiger partial charge is 0.264 e. The molecule has 0 saturated heterocycles. The molecule has 0 spiro atoms. The zero-order chi connectivity index (χ0) is 23.3. The summed E-state index contributed by atoms with van der Waals surface area (Å²) in [7, 11) is 4.69. The van der Waals surface area contributed by atoms with E-state index in [9.17, 15) is 14.4 Å². The van der Waals surface area contributed by atoms with E-state index in [1.807, 2.05) is 0 Å². The lowest BCUT2D eigenvalue weighted by Crippen LogP contribution is -2.50. The van der Waals surface area contributed by atoms with E-state index in [-0.39, 0.29) is 18.4 Å². The van der Waals surface area contributed by atoms with Gasteiger partial charge in [0.25, 0.3) is 11.8 Å². The monoisotopic (exact) mass is 447 g/mol. The number of amides is 3. The molecular formula is C23H21N5O5. The first-order valence-corrected chi connectivity index (χ1v) is 10.2. The Morgan fingerprint density at radius 2 is 1.88 bits per heavy atom. The molecule has 1 atom stereocenters. The molecule has 2 aliphatic heterocycles. The van der Waals surface area contributed by atoms with Crippen LogP contribution in [0, 0.1) is 0 Å². The summed E-state index contributed by atoms with van der Waals surface area (Å²) in [5.74, 6) is -0.381. The first kappa shape index (κ1) is 20.6. The van der Waals surface area contributed by atoms with Crippen LogP contribution in [-0.4, -0.2) is 53.2 Å². The summed E-state index contributed by atoms with van der Waals surface area (Å²) in [5, 5.41) is 6.78. The number of rotatable bonds is 5. The average Bonchev–Trinajstić information content (AvgIpc) is 3.36. The molecular weight excluding hydrogens is 426 g/mol. The minimum Gasteiger partial charge on any atom is -0.493 e. The van der Waals surface area contributed by atoms with Crippen molar-refractivity contribution in [3.8, 4) is 11.5 Å². The van der Waals surface area contributed by atoms with Gasteiger partial charge in [0.1, 0.15) is 12.7 Å². The van der Waals surface area contributed by atoms with Crippen LogP contribution in [0.3, 0.4) is 0 Å². The molecule has 10 nitrogen and oxygen atoms in total. The number of hydrogen-bond donors (Lipinski definition) is 1. The normalized spacial score (nSPS) is 16.3. The Morgan fingerprint density at radius 1 is 1.09 bits per heavy atom. The maximum Gasteiger partial charge on any atom is 0.264 e. The van der Waals surface area contributed by atoms with Crippen molar-refractivity contribution in [2.24, 2.45) is 7.05 Å². The maximum atomic E-state index is 13.6. The van der Waals surface area contributed by atoms with Gasteiger partial charge in [-0.2, -0.15) is 5.10 Å². The highest BCUT2D eigenvalue weighted by atomic mass is 16.5. The number of carbonyl (C=O) groups is 3. The van der Waals surface area contributed by atoms with Crippen molar-refractivity contribution in [1.82, 2.24) is 14.7 Å². The van der Waals surface area contributed by atoms with E-state index in [1.165, 1.54) is 30.2 Å². The fraction of sp³-hybridized carbons (Fsp3) is 0.217. The standard InChI is InChI=1S/C23H21N5O5/c1-26-11-13(10-24-26)25-18(29)12-27-21-15-8-9-17(32-2)20(33-3)19(15)23(31)28(21)16-7-5-4-6-14(16)22(27)30/h4-11,21H,12H2,1-3H3,(H,25,29)/t21-/m0/s1.